The van der Waals surface area contributed by atoms with Crippen molar-refractivity contribution in [3.63, 3.8) is 0 Å². The molecule has 0 aliphatic carbocycles. The van der Waals surface area contributed by atoms with E-state index in [9.17, 15) is 18.8 Å². The molecule has 1 aliphatic heterocycles. The highest BCUT2D eigenvalue weighted by Gasteiger charge is 2.34. The maximum Gasteiger partial charge on any atom is 0.408 e. The summed E-state index contributed by atoms with van der Waals surface area (Å²) in [6.45, 7) is 8.32. The number of ether oxygens (including phenoxy) is 1. The van der Waals surface area contributed by atoms with Crippen LogP contribution in [0.15, 0.2) is 40.2 Å². The summed E-state index contributed by atoms with van der Waals surface area (Å²) < 4.78 is 21.2. The van der Waals surface area contributed by atoms with Crippen molar-refractivity contribution in [2.75, 3.05) is 12.3 Å². The maximum absolute atomic E-state index is 14.2. The summed E-state index contributed by atoms with van der Waals surface area (Å²) in [6.07, 6.45) is 13.5. The summed E-state index contributed by atoms with van der Waals surface area (Å²) in [7, 11) is 0. The molecule has 2 amide bonds. The third-order valence-corrected chi connectivity index (χ3v) is 9.54. The van der Waals surface area contributed by atoms with Gasteiger partial charge in [-0.1, -0.05) is 94.9 Å². The van der Waals surface area contributed by atoms with Crippen LogP contribution < -0.4 is 16.2 Å². The molecule has 0 bridgehead atoms. The van der Waals surface area contributed by atoms with Crippen molar-refractivity contribution in [2.24, 2.45) is 0 Å². The predicted molar refractivity (Wildman–Crippen MR) is 187 cm³/mol. The number of unbranched alkanes of at least 4 members (excludes halogenated alkanes) is 9. The molecule has 0 saturated heterocycles. The SMILES string of the molecule is CCCCCCCCC(F)CCCCCCCNC(=O)c1cn(Cc2ccc(Cl)cc2)c(=O)c2c1SC[C@@H]2NC(=O)OC(C)(C)C. The fourth-order valence-corrected chi connectivity index (χ4v) is 7.02. The molecule has 1 aliphatic rings. The number of nitrogens with zero attached hydrogens (tertiary/aromatic N) is 1. The van der Waals surface area contributed by atoms with Crippen LogP contribution in [0.2, 0.25) is 5.02 Å². The van der Waals surface area contributed by atoms with Gasteiger partial charge in [0.25, 0.3) is 11.5 Å². The number of thioether (sulfide) groups is 1. The van der Waals surface area contributed by atoms with Crippen molar-refractivity contribution in [1.29, 1.82) is 0 Å². The molecule has 7 nitrogen and oxygen atoms in total. The zero-order chi connectivity index (χ0) is 33.5. The fourth-order valence-electron chi connectivity index (χ4n) is 5.62. The first-order chi connectivity index (χ1) is 22.0. The summed E-state index contributed by atoms with van der Waals surface area (Å²) in [5.74, 6) is 0.176. The average Bonchev–Trinajstić information content (AvgIpc) is 3.41. The predicted octanol–water partition coefficient (Wildman–Crippen LogP) is 9.38. The molecular formula is C36H53ClFN3O4S. The van der Waals surface area contributed by atoms with Gasteiger partial charge in [-0.3, -0.25) is 9.59 Å². The number of nitrogens with one attached hydrogen (secondary N) is 2. The van der Waals surface area contributed by atoms with Gasteiger partial charge in [-0.2, -0.15) is 0 Å². The van der Waals surface area contributed by atoms with Gasteiger partial charge >= 0.3 is 6.09 Å². The van der Waals surface area contributed by atoms with E-state index < -0.39 is 23.9 Å². The molecule has 2 aromatic rings. The molecule has 3 rings (SSSR count). The maximum atomic E-state index is 14.2. The van der Waals surface area contributed by atoms with Crippen LogP contribution in [-0.4, -0.2) is 40.6 Å². The van der Waals surface area contributed by atoms with E-state index in [-0.39, 0.29) is 18.0 Å². The first kappa shape index (κ1) is 37.9. The quantitative estimate of drug-likeness (QED) is 0.145. The van der Waals surface area contributed by atoms with E-state index in [1.54, 1.807) is 39.1 Å². The monoisotopic (exact) mass is 677 g/mol. The van der Waals surface area contributed by atoms with Gasteiger partial charge < -0.3 is 19.9 Å². The van der Waals surface area contributed by atoms with Crippen LogP contribution in [0.5, 0.6) is 0 Å². The Morgan fingerprint density at radius 1 is 1.00 bits per heavy atom. The lowest BCUT2D eigenvalue weighted by atomic mass is 10.0. The van der Waals surface area contributed by atoms with Crippen molar-refractivity contribution < 1.29 is 18.7 Å². The molecule has 2 N–H and O–H groups in total. The Balaban J connectivity index is 1.54. The molecule has 0 radical (unpaired) electrons. The van der Waals surface area contributed by atoms with E-state index >= 15 is 0 Å². The summed E-state index contributed by atoms with van der Waals surface area (Å²) >= 11 is 7.45. The fraction of sp³-hybridized carbons (Fsp3) is 0.639. The number of benzene rings is 1. The second-order valence-corrected chi connectivity index (χ2v) is 14.8. The Labute approximate surface area is 283 Å². The number of halogens is 2. The largest absolute Gasteiger partial charge is 0.444 e. The number of fused-ring (bicyclic) bond motifs is 1. The van der Waals surface area contributed by atoms with Crippen LogP contribution >= 0.6 is 23.4 Å². The van der Waals surface area contributed by atoms with Crippen molar-refractivity contribution in [2.45, 2.75) is 140 Å². The van der Waals surface area contributed by atoms with Crippen LogP contribution in [-0.2, 0) is 11.3 Å². The van der Waals surface area contributed by atoms with E-state index in [1.807, 2.05) is 12.1 Å². The van der Waals surface area contributed by atoms with Gasteiger partial charge in [-0.05, 0) is 57.7 Å². The molecule has 2 heterocycles. The minimum absolute atomic E-state index is 0.249. The van der Waals surface area contributed by atoms with Gasteiger partial charge in [0.05, 0.1) is 23.7 Å². The molecule has 1 aromatic carbocycles. The number of alkyl carbamates (subject to hydrolysis) is 1. The molecule has 2 atom stereocenters. The number of carbonyl (C=O) groups is 2. The van der Waals surface area contributed by atoms with E-state index in [0.29, 0.717) is 46.2 Å². The number of aromatic nitrogens is 1. The highest BCUT2D eigenvalue weighted by atomic mass is 35.5. The lowest BCUT2D eigenvalue weighted by Gasteiger charge is -2.22. The van der Waals surface area contributed by atoms with Gasteiger partial charge in [0.1, 0.15) is 11.8 Å². The van der Waals surface area contributed by atoms with Crippen LogP contribution in [0.1, 0.15) is 139 Å². The number of rotatable bonds is 19. The Bertz CT molecular complexity index is 1310. The average molecular weight is 678 g/mol. The van der Waals surface area contributed by atoms with Crippen molar-refractivity contribution in [1.82, 2.24) is 15.2 Å². The van der Waals surface area contributed by atoms with E-state index in [0.717, 1.165) is 50.5 Å². The minimum atomic E-state index is -0.688. The zero-order valence-electron chi connectivity index (χ0n) is 28.1. The first-order valence-corrected chi connectivity index (χ1v) is 18.4. The molecule has 10 heteroatoms. The highest BCUT2D eigenvalue weighted by molar-refractivity contribution is 7.99. The lowest BCUT2D eigenvalue weighted by molar-refractivity contribution is 0.0508. The van der Waals surface area contributed by atoms with Gasteiger partial charge in [-0.25, -0.2) is 9.18 Å². The second kappa shape index (κ2) is 19.3. The number of alkyl halides is 1. The van der Waals surface area contributed by atoms with Crippen LogP contribution in [0, 0.1) is 0 Å². The standard InChI is InChI=1S/C36H53ClFN3O4S/c1-5-6-7-8-10-13-16-28(38)17-14-11-9-12-15-22-39-33(42)29-24-41(23-26-18-20-27(37)21-19-26)34(43)31-30(25-46-32(29)31)40-35(44)45-36(2,3)4/h18-21,24,28,30H,5-17,22-23,25H2,1-4H3,(H,39,42)(H,40,44)/t28?,30-/m0/s1. The van der Waals surface area contributed by atoms with E-state index in [1.165, 1.54) is 42.0 Å². The Hall–Kier alpha value is -2.52. The second-order valence-electron chi connectivity index (χ2n) is 13.3. The topological polar surface area (TPSA) is 89.4 Å². The smallest absolute Gasteiger partial charge is 0.408 e. The third kappa shape index (κ3) is 12.9. The summed E-state index contributed by atoms with van der Waals surface area (Å²) in [6, 6.07) is 6.63. The molecule has 1 aromatic heterocycles. The third-order valence-electron chi connectivity index (χ3n) is 8.06. The lowest BCUT2D eigenvalue weighted by Crippen LogP contribution is -2.38. The minimum Gasteiger partial charge on any atom is -0.444 e. The van der Waals surface area contributed by atoms with Crippen LogP contribution in [0.4, 0.5) is 9.18 Å². The number of amides is 2. The molecule has 0 fully saturated rings. The summed E-state index contributed by atoms with van der Waals surface area (Å²) in [4.78, 5) is 40.3. The molecule has 46 heavy (non-hydrogen) atoms. The Kier molecular flexibility index (Phi) is 15.9. The number of hydrogen-bond acceptors (Lipinski definition) is 5. The van der Waals surface area contributed by atoms with Gasteiger partial charge in [0.15, 0.2) is 0 Å². The number of pyridine rings is 1. The number of hydrogen-bond donors (Lipinski definition) is 2. The number of carbonyl (C=O) groups excluding carboxylic acids is 2. The van der Waals surface area contributed by atoms with Crippen molar-refractivity contribution in [3.05, 3.63) is 62.5 Å². The zero-order valence-corrected chi connectivity index (χ0v) is 29.7. The Morgan fingerprint density at radius 3 is 2.24 bits per heavy atom. The Morgan fingerprint density at radius 2 is 1.61 bits per heavy atom. The van der Waals surface area contributed by atoms with E-state index in [4.69, 9.17) is 16.3 Å². The van der Waals surface area contributed by atoms with Gasteiger partial charge in [-0.15, -0.1) is 11.8 Å². The molecule has 0 spiro atoms. The van der Waals surface area contributed by atoms with E-state index in [2.05, 4.69) is 17.6 Å². The summed E-state index contributed by atoms with van der Waals surface area (Å²) in [5, 5.41) is 6.45. The summed E-state index contributed by atoms with van der Waals surface area (Å²) in [5.41, 5.74) is 0.746. The molecule has 256 valence electrons. The van der Waals surface area contributed by atoms with Crippen LogP contribution in [0.25, 0.3) is 0 Å². The van der Waals surface area contributed by atoms with Crippen LogP contribution in [0.3, 0.4) is 0 Å². The highest BCUT2D eigenvalue weighted by Crippen LogP contribution is 2.38. The van der Waals surface area contributed by atoms with Gasteiger partial charge in [0, 0.05) is 28.4 Å². The first-order valence-electron chi connectivity index (χ1n) is 17.0. The molecule has 0 saturated carbocycles. The van der Waals surface area contributed by atoms with Gasteiger partial charge in [0.2, 0.25) is 0 Å². The normalized spacial score (nSPS) is 15.0. The van der Waals surface area contributed by atoms with Crippen molar-refractivity contribution >= 4 is 35.4 Å². The van der Waals surface area contributed by atoms with Crippen molar-refractivity contribution in [3.8, 4) is 0 Å². The molecule has 1 unspecified atom stereocenters. The molecular weight excluding hydrogens is 625 g/mol.